The first-order chi connectivity index (χ1) is 4.88. The summed E-state index contributed by atoms with van der Waals surface area (Å²) in [6.45, 7) is 7.17. The normalized spacial score (nSPS) is 28.8. The molecule has 1 saturated heterocycles. The van der Waals surface area contributed by atoms with E-state index in [1.807, 2.05) is 0 Å². The summed E-state index contributed by atoms with van der Waals surface area (Å²) in [5.74, 6) is 0. The molecule has 0 amide bonds. The fourth-order valence-electron chi connectivity index (χ4n) is 1.94. The Labute approximate surface area is 64.4 Å². The fraction of sp³-hybridized carbons (Fsp3) is 1.00. The van der Waals surface area contributed by atoms with Crippen LogP contribution in [-0.4, -0.2) is 24.0 Å². The molecule has 1 fully saturated rings. The molecule has 0 aliphatic carbocycles. The summed E-state index contributed by atoms with van der Waals surface area (Å²) < 4.78 is 0. The van der Waals surface area contributed by atoms with E-state index in [1.165, 1.54) is 38.8 Å². The van der Waals surface area contributed by atoms with E-state index in [2.05, 4.69) is 18.7 Å². The van der Waals surface area contributed by atoms with Crippen LogP contribution in [-0.2, 0) is 0 Å². The van der Waals surface area contributed by atoms with Gasteiger partial charge in [-0.25, -0.2) is 0 Å². The molecule has 60 valence electrons. The summed E-state index contributed by atoms with van der Waals surface area (Å²) >= 11 is 0. The zero-order chi connectivity index (χ0) is 7.40. The highest BCUT2D eigenvalue weighted by atomic mass is 15.1. The molecule has 1 nitrogen and oxygen atoms in total. The van der Waals surface area contributed by atoms with Crippen LogP contribution >= 0.6 is 0 Å². The van der Waals surface area contributed by atoms with Crippen molar-refractivity contribution in [2.45, 2.75) is 45.6 Å². The van der Waals surface area contributed by atoms with E-state index in [1.54, 1.807) is 0 Å². The van der Waals surface area contributed by atoms with E-state index in [4.69, 9.17) is 0 Å². The topological polar surface area (TPSA) is 3.24 Å². The molecule has 1 rings (SSSR count). The molecule has 1 aliphatic heterocycles. The molecule has 1 unspecified atom stereocenters. The van der Waals surface area contributed by atoms with Crippen molar-refractivity contribution >= 4 is 0 Å². The van der Waals surface area contributed by atoms with Gasteiger partial charge in [-0.2, -0.15) is 0 Å². The quantitative estimate of drug-likeness (QED) is 0.570. The maximum absolute atomic E-state index is 2.61. The van der Waals surface area contributed by atoms with Gasteiger partial charge in [-0.15, -0.1) is 0 Å². The molecule has 0 bridgehead atoms. The van der Waals surface area contributed by atoms with Crippen LogP contribution in [0.4, 0.5) is 0 Å². The smallest absolute Gasteiger partial charge is 0.00925 e. The predicted molar refractivity (Wildman–Crippen MR) is 45.2 cm³/mol. The van der Waals surface area contributed by atoms with Gasteiger partial charge < -0.3 is 4.90 Å². The van der Waals surface area contributed by atoms with Gasteiger partial charge in [-0.1, -0.05) is 20.3 Å². The molecule has 1 heterocycles. The SMILES string of the molecule is CCC1CCCCN1CC. The maximum Gasteiger partial charge on any atom is 0.00925 e. The van der Waals surface area contributed by atoms with Crippen molar-refractivity contribution in [3.63, 3.8) is 0 Å². The van der Waals surface area contributed by atoms with E-state index < -0.39 is 0 Å². The molecule has 0 spiro atoms. The summed E-state index contributed by atoms with van der Waals surface area (Å²) in [5, 5.41) is 0. The van der Waals surface area contributed by atoms with E-state index in [9.17, 15) is 0 Å². The third-order valence-corrected chi connectivity index (χ3v) is 2.63. The summed E-state index contributed by atoms with van der Waals surface area (Å²) in [7, 11) is 0. The first-order valence-electron chi connectivity index (χ1n) is 4.62. The zero-order valence-corrected chi connectivity index (χ0v) is 7.27. The van der Waals surface area contributed by atoms with Crippen LogP contribution < -0.4 is 0 Å². The van der Waals surface area contributed by atoms with Gasteiger partial charge in [-0.3, -0.25) is 0 Å². The largest absolute Gasteiger partial charge is 0.301 e. The van der Waals surface area contributed by atoms with Crippen LogP contribution in [0.5, 0.6) is 0 Å². The highest BCUT2D eigenvalue weighted by Crippen LogP contribution is 2.18. The number of piperidine rings is 1. The lowest BCUT2D eigenvalue weighted by Crippen LogP contribution is -2.38. The third-order valence-electron chi connectivity index (χ3n) is 2.63. The minimum absolute atomic E-state index is 0.902. The number of hydrogen-bond donors (Lipinski definition) is 0. The third kappa shape index (κ3) is 1.72. The van der Waals surface area contributed by atoms with Crippen molar-refractivity contribution in [3.05, 3.63) is 0 Å². The molecule has 0 radical (unpaired) electrons. The van der Waals surface area contributed by atoms with Crippen molar-refractivity contribution in [2.75, 3.05) is 13.1 Å². The Kier molecular flexibility index (Phi) is 3.20. The van der Waals surface area contributed by atoms with Crippen LogP contribution in [0, 0.1) is 0 Å². The van der Waals surface area contributed by atoms with Crippen LogP contribution in [0.2, 0.25) is 0 Å². The Morgan fingerprint density at radius 1 is 1.30 bits per heavy atom. The number of rotatable bonds is 2. The monoisotopic (exact) mass is 141 g/mol. The molecule has 0 saturated carbocycles. The van der Waals surface area contributed by atoms with Gasteiger partial charge in [-0.05, 0) is 32.4 Å². The summed E-state index contributed by atoms with van der Waals surface area (Å²) in [5.41, 5.74) is 0. The zero-order valence-electron chi connectivity index (χ0n) is 7.27. The Balaban J connectivity index is 2.34. The van der Waals surface area contributed by atoms with Crippen molar-refractivity contribution in [3.8, 4) is 0 Å². The minimum atomic E-state index is 0.902. The lowest BCUT2D eigenvalue weighted by atomic mass is 10.0. The van der Waals surface area contributed by atoms with E-state index >= 15 is 0 Å². The fourth-order valence-corrected chi connectivity index (χ4v) is 1.94. The Bertz CT molecular complexity index is 78.7. The second-order valence-electron chi connectivity index (χ2n) is 3.19. The molecule has 1 atom stereocenters. The summed E-state index contributed by atoms with van der Waals surface area (Å²) in [4.78, 5) is 2.61. The van der Waals surface area contributed by atoms with Gasteiger partial charge in [0.1, 0.15) is 0 Å². The highest BCUT2D eigenvalue weighted by molar-refractivity contribution is 4.73. The van der Waals surface area contributed by atoms with E-state index in [0.29, 0.717) is 0 Å². The average Bonchev–Trinajstić information content (AvgIpc) is 2.04. The molecule has 0 aromatic heterocycles. The van der Waals surface area contributed by atoms with Crippen LogP contribution in [0.15, 0.2) is 0 Å². The standard InChI is InChI=1S/C9H19N/c1-3-9-7-5-6-8-10(9)4-2/h9H,3-8H2,1-2H3. The Morgan fingerprint density at radius 3 is 2.60 bits per heavy atom. The molecule has 1 aliphatic rings. The minimum Gasteiger partial charge on any atom is -0.301 e. The Morgan fingerprint density at radius 2 is 2.10 bits per heavy atom. The average molecular weight is 141 g/mol. The van der Waals surface area contributed by atoms with Gasteiger partial charge in [0.25, 0.3) is 0 Å². The first kappa shape index (κ1) is 8.06. The number of nitrogens with zero attached hydrogens (tertiary/aromatic N) is 1. The van der Waals surface area contributed by atoms with Gasteiger partial charge in [0.15, 0.2) is 0 Å². The van der Waals surface area contributed by atoms with Crippen molar-refractivity contribution < 1.29 is 0 Å². The summed E-state index contributed by atoms with van der Waals surface area (Å²) in [6, 6.07) is 0.902. The molecule has 0 aromatic carbocycles. The molecule has 0 aromatic rings. The second kappa shape index (κ2) is 3.97. The lowest BCUT2D eigenvalue weighted by molar-refractivity contribution is 0.152. The Hall–Kier alpha value is -0.0400. The van der Waals surface area contributed by atoms with Crippen molar-refractivity contribution in [1.82, 2.24) is 4.90 Å². The first-order valence-corrected chi connectivity index (χ1v) is 4.62. The second-order valence-corrected chi connectivity index (χ2v) is 3.19. The number of hydrogen-bond acceptors (Lipinski definition) is 1. The summed E-state index contributed by atoms with van der Waals surface area (Å²) in [6.07, 6.45) is 5.65. The van der Waals surface area contributed by atoms with Gasteiger partial charge >= 0.3 is 0 Å². The van der Waals surface area contributed by atoms with Crippen LogP contribution in [0.25, 0.3) is 0 Å². The number of likely N-dealkylation sites (tertiary alicyclic amines) is 1. The lowest BCUT2D eigenvalue weighted by Gasteiger charge is -2.34. The highest BCUT2D eigenvalue weighted by Gasteiger charge is 2.17. The maximum atomic E-state index is 2.61. The molecule has 1 heteroatoms. The molecule has 10 heavy (non-hydrogen) atoms. The van der Waals surface area contributed by atoms with Gasteiger partial charge in [0.05, 0.1) is 0 Å². The molecular weight excluding hydrogens is 122 g/mol. The van der Waals surface area contributed by atoms with Crippen LogP contribution in [0.3, 0.4) is 0 Å². The van der Waals surface area contributed by atoms with Crippen molar-refractivity contribution in [1.29, 1.82) is 0 Å². The van der Waals surface area contributed by atoms with Crippen LogP contribution in [0.1, 0.15) is 39.5 Å². The predicted octanol–water partition coefficient (Wildman–Crippen LogP) is 2.27. The van der Waals surface area contributed by atoms with Gasteiger partial charge in [0, 0.05) is 6.04 Å². The molecular formula is C9H19N. The molecule has 0 N–H and O–H groups in total. The van der Waals surface area contributed by atoms with E-state index in [0.717, 1.165) is 6.04 Å². The van der Waals surface area contributed by atoms with Gasteiger partial charge in [0.2, 0.25) is 0 Å². The van der Waals surface area contributed by atoms with Crippen molar-refractivity contribution in [2.24, 2.45) is 0 Å². The van der Waals surface area contributed by atoms with E-state index in [-0.39, 0.29) is 0 Å².